The van der Waals surface area contributed by atoms with E-state index in [1.54, 1.807) is 47.0 Å². The van der Waals surface area contributed by atoms with Gasteiger partial charge in [-0.2, -0.15) is 0 Å². The summed E-state index contributed by atoms with van der Waals surface area (Å²) in [5.41, 5.74) is 3.17. The van der Waals surface area contributed by atoms with Gasteiger partial charge in [0.2, 0.25) is 0 Å². The average molecular weight is 506 g/mol. The molecule has 1 aliphatic heterocycles. The Morgan fingerprint density at radius 3 is 2.57 bits per heavy atom. The van der Waals surface area contributed by atoms with Gasteiger partial charge in [0, 0.05) is 20.9 Å². The van der Waals surface area contributed by atoms with Crippen LogP contribution in [-0.4, -0.2) is 15.7 Å². The van der Waals surface area contributed by atoms with E-state index in [0.717, 1.165) is 33.6 Å². The van der Waals surface area contributed by atoms with E-state index in [9.17, 15) is 14.0 Å². The molecule has 0 spiro atoms. The molecule has 1 aromatic heterocycles. The lowest BCUT2D eigenvalue weighted by atomic mass is 10.2. The molecule has 2 aromatic carbocycles. The molecule has 1 aliphatic rings. The van der Waals surface area contributed by atoms with Crippen LogP contribution >= 0.6 is 39.3 Å². The lowest BCUT2D eigenvalue weighted by molar-refractivity contribution is -0.113. The number of rotatable bonds is 3. The Hall–Kier alpha value is -2.35. The highest BCUT2D eigenvalue weighted by molar-refractivity contribution is 9.10. The van der Waals surface area contributed by atoms with Gasteiger partial charge in [0.05, 0.1) is 16.3 Å². The van der Waals surface area contributed by atoms with Gasteiger partial charge in [-0.25, -0.2) is 9.29 Å². The number of amides is 2. The maximum absolute atomic E-state index is 14.5. The van der Waals surface area contributed by atoms with E-state index < -0.39 is 5.91 Å². The van der Waals surface area contributed by atoms with Gasteiger partial charge in [-0.15, -0.1) is 0 Å². The Labute approximate surface area is 190 Å². The third kappa shape index (κ3) is 3.73. The summed E-state index contributed by atoms with van der Waals surface area (Å²) >= 11 is 10.1. The summed E-state index contributed by atoms with van der Waals surface area (Å²) in [6.07, 6.45) is 1.67. The second kappa shape index (κ2) is 8.06. The maximum Gasteiger partial charge on any atom is 0.298 e. The quantitative estimate of drug-likeness (QED) is 0.364. The van der Waals surface area contributed by atoms with E-state index >= 15 is 0 Å². The second-order valence-corrected chi connectivity index (χ2v) is 9.10. The minimum atomic E-state index is -0.410. The molecule has 1 fully saturated rings. The highest BCUT2D eigenvalue weighted by Gasteiger charge is 2.36. The van der Waals surface area contributed by atoms with Crippen LogP contribution in [0.3, 0.4) is 0 Å². The first-order chi connectivity index (χ1) is 14.3. The largest absolute Gasteiger partial charge is 0.315 e. The van der Waals surface area contributed by atoms with Gasteiger partial charge in [0.25, 0.3) is 11.1 Å². The van der Waals surface area contributed by atoms with Gasteiger partial charge < -0.3 is 4.57 Å². The number of nitrogens with zero attached hydrogens (tertiary/aromatic N) is 2. The van der Waals surface area contributed by atoms with Crippen molar-refractivity contribution in [2.24, 2.45) is 0 Å². The van der Waals surface area contributed by atoms with Gasteiger partial charge in [0.15, 0.2) is 0 Å². The summed E-state index contributed by atoms with van der Waals surface area (Å²) in [6.45, 7) is 3.71. The zero-order valence-corrected chi connectivity index (χ0v) is 19.1. The van der Waals surface area contributed by atoms with Crippen molar-refractivity contribution in [2.75, 3.05) is 4.90 Å². The lowest BCUT2D eigenvalue weighted by Gasteiger charge is -2.12. The van der Waals surface area contributed by atoms with E-state index in [1.165, 1.54) is 6.07 Å². The van der Waals surface area contributed by atoms with Crippen molar-refractivity contribution in [1.29, 1.82) is 0 Å². The summed E-state index contributed by atoms with van der Waals surface area (Å²) in [4.78, 5) is 26.8. The van der Waals surface area contributed by atoms with Crippen LogP contribution in [0.2, 0.25) is 5.02 Å². The van der Waals surface area contributed by atoms with Crippen molar-refractivity contribution in [2.45, 2.75) is 13.8 Å². The summed E-state index contributed by atoms with van der Waals surface area (Å²) < 4.78 is 16.9. The number of aryl methyl sites for hydroxylation is 1. The SMILES string of the molecule is Cc1cc(/C=C2/SC(=O)N(c3cccc(Cl)c3)C2=O)c(C)n1-c1ccc(Br)cc1F. The van der Waals surface area contributed by atoms with Crippen molar-refractivity contribution in [3.8, 4) is 5.69 Å². The molecule has 3 aromatic rings. The smallest absolute Gasteiger partial charge is 0.298 e. The summed E-state index contributed by atoms with van der Waals surface area (Å²) in [5, 5.41) is 0.0527. The predicted molar refractivity (Wildman–Crippen MR) is 123 cm³/mol. The summed E-state index contributed by atoms with van der Waals surface area (Å²) in [5.74, 6) is -0.772. The first kappa shape index (κ1) is 20.9. The first-order valence-electron chi connectivity index (χ1n) is 8.94. The molecular formula is C22H15BrClFN2O2S. The number of aromatic nitrogens is 1. The molecule has 0 atom stereocenters. The topological polar surface area (TPSA) is 42.3 Å². The highest BCUT2D eigenvalue weighted by atomic mass is 79.9. The fourth-order valence-corrected chi connectivity index (χ4v) is 4.76. The predicted octanol–water partition coefficient (Wildman–Crippen LogP) is 6.89. The molecule has 0 radical (unpaired) electrons. The normalized spacial score (nSPS) is 15.5. The Morgan fingerprint density at radius 2 is 1.87 bits per heavy atom. The molecule has 0 N–H and O–H groups in total. The van der Waals surface area contributed by atoms with Crippen LogP contribution in [0.15, 0.2) is 57.9 Å². The number of anilines is 1. The number of hydrogen-bond acceptors (Lipinski definition) is 3. The number of benzene rings is 2. The molecule has 2 heterocycles. The number of imide groups is 1. The van der Waals surface area contributed by atoms with Crippen molar-refractivity contribution in [3.05, 3.63) is 85.7 Å². The number of carbonyl (C=O) groups is 2. The minimum Gasteiger partial charge on any atom is -0.315 e. The van der Waals surface area contributed by atoms with Crippen molar-refractivity contribution in [3.63, 3.8) is 0 Å². The van der Waals surface area contributed by atoms with Crippen molar-refractivity contribution in [1.82, 2.24) is 4.57 Å². The van der Waals surface area contributed by atoms with Crippen LogP contribution < -0.4 is 4.90 Å². The van der Waals surface area contributed by atoms with Gasteiger partial charge in [-0.05, 0) is 79.7 Å². The molecule has 152 valence electrons. The average Bonchev–Trinajstić information content (AvgIpc) is 3.11. The molecule has 8 heteroatoms. The third-order valence-electron chi connectivity index (χ3n) is 4.77. The minimum absolute atomic E-state index is 0.302. The Morgan fingerprint density at radius 1 is 1.10 bits per heavy atom. The number of hydrogen-bond donors (Lipinski definition) is 0. The molecule has 1 saturated heterocycles. The lowest BCUT2D eigenvalue weighted by Crippen LogP contribution is -2.27. The van der Waals surface area contributed by atoms with E-state index in [1.807, 2.05) is 19.9 Å². The fourth-order valence-electron chi connectivity index (χ4n) is 3.41. The summed E-state index contributed by atoms with van der Waals surface area (Å²) in [6, 6.07) is 13.3. The van der Waals surface area contributed by atoms with Gasteiger partial charge in [-0.3, -0.25) is 9.59 Å². The second-order valence-electron chi connectivity index (χ2n) is 6.75. The van der Waals surface area contributed by atoms with Crippen molar-refractivity contribution >= 4 is 62.2 Å². The molecule has 4 rings (SSSR count). The number of thioether (sulfide) groups is 1. The first-order valence-corrected chi connectivity index (χ1v) is 10.9. The summed E-state index contributed by atoms with van der Waals surface area (Å²) in [7, 11) is 0. The maximum atomic E-state index is 14.5. The third-order valence-corrected chi connectivity index (χ3v) is 6.37. The molecule has 0 saturated carbocycles. The molecule has 2 amide bonds. The fraction of sp³-hybridized carbons (Fsp3) is 0.0909. The molecule has 0 aliphatic carbocycles. The van der Waals surface area contributed by atoms with E-state index in [0.29, 0.717) is 25.8 Å². The van der Waals surface area contributed by atoms with Crippen LogP contribution in [0.1, 0.15) is 17.0 Å². The zero-order chi connectivity index (χ0) is 21.6. The van der Waals surface area contributed by atoms with E-state index in [4.69, 9.17) is 11.6 Å². The number of halogens is 3. The van der Waals surface area contributed by atoms with Crippen LogP contribution in [0, 0.1) is 19.7 Å². The molecule has 4 nitrogen and oxygen atoms in total. The molecule has 30 heavy (non-hydrogen) atoms. The van der Waals surface area contributed by atoms with Crippen molar-refractivity contribution < 1.29 is 14.0 Å². The Bertz CT molecular complexity index is 1240. The number of carbonyl (C=O) groups excluding carboxylic acids is 2. The van der Waals surface area contributed by atoms with E-state index in [-0.39, 0.29) is 11.1 Å². The Kier molecular flexibility index (Phi) is 5.61. The standard InChI is InChI=1S/C22H15BrClFN2O2S/c1-12-8-14(13(2)26(12)19-7-6-15(23)10-18(19)25)9-20-21(28)27(22(29)30-20)17-5-3-4-16(24)11-17/h3-11H,1-2H3/b20-9+. The zero-order valence-electron chi connectivity index (χ0n) is 15.9. The van der Waals surface area contributed by atoms with Crippen LogP contribution in [0.5, 0.6) is 0 Å². The monoisotopic (exact) mass is 504 g/mol. The molecule has 0 bridgehead atoms. The molecular weight excluding hydrogens is 491 g/mol. The van der Waals surface area contributed by atoms with Gasteiger partial charge >= 0.3 is 0 Å². The van der Waals surface area contributed by atoms with E-state index in [2.05, 4.69) is 15.9 Å². The van der Waals surface area contributed by atoms with Crippen LogP contribution in [0.4, 0.5) is 14.9 Å². The highest BCUT2D eigenvalue weighted by Crippen LogP contribution is 2.37. The van der Waals surface area contributed by atoms with Gasteiger partial charge in [-0.1, -0.05) is 33.6 Å². The van der Waals surface area contributed by atoms with Gasteiger partial charge in [0.1, 0.15) is 5.82 Å². The molecule has 0 unspecified atom stereocenters. The Balaban J connectivity index is 1.72. The van der Waals surface area contributed by atoms with Crippen LogP contribution in [0.25, 0.3) is 11.8 Å². The van der Waals surface area contributed by atoms with Crippen LogP contribution in [-0.2, 0) is 4.79 Å².